The zero-order chi connectivity index (χ0) is 8.27. The Morgan fingerprint density at radius 3 is 2.82 bits per heavy atom. The van der Waals surface area contributed by atoms with Crippen molar-refractivity contribution in [2.24, 2.45) is 4.99 Å². The Morgan fingerprint density at radius 2 is 2.27 bits per heavy atom. The number of hydrogen-bond donors (Lipinski definition) is 1. The molecule has 0 saturated carbocycles. The van der Waals surface area contributed by atoms with Gasteiger partial charge in [0.1, 0.15) is 5.69 Å². The number of hydrogen-bond acceptors (Lipinski definition) is 3. The van der Waals surface area contributed by atoms with Crippen molar-refractivity contribution in [1.82, 2.24) is 0 Å². The number of nitrogens with zero attached hydrogens (tertiary/aromatic N) is 1. The van der Waals surface area contributed by atoms with Crippen LogP contribution in [0.15, 0.2) is 23.2 Å². The Bertz CT molecular complexity index is 298. The maximum Gasteiger partial charge on any atom is 0.240 e. The summed E-state index contributed by atoms with van der Waals surface area (Å²) in [6, 6.07) is 4.90. The zero-order valence-corrected chi connectivity index (χ0v) is 6.30. The van der Waals surface area contributed by atoms with Crippen molar-refractivity contribution in [3.8, 4) is 0 Å². The van der Waals surface area contributed by atoms with Gasteiger partial charge in [-0.2, -0.15) is 4.99 Å². The van der Waals surface area contributed by atoms with Crippen LogP contribution in [0.3, 0.4) is 0 Å². The molecular weight excluding hydrogens is 164 g/mol. The molecule has 3 nitrogen and oxygen atoms in total. The molecule has 56 valence electrons. The van der Waals surface area contributed by atoms with Crippen molar-refractivity contribution in [3.63, 3.8) is 0 Å². The fraction of sp³-hybridized carbons (Fsp3) is 0. The molecule has 0 amide bonds. The maximum absolute atomic E-state index is 9.87. The number of anilines is 1. The highest BCUT2D eigenvalue weighted by atomic mass is 35.5. The molecule has 4 heteroatoms. The molecule has 2 N–H and O–H groups in total. The van der Waals surface area contributed by atoms with Gasteiger partial charge in [0.15, 0.2) is 0 Å². The summed E-state index contributed by atoms with van der Waals surface area (Å²) in [5.74, 6) is 0. The molecule has 0 heterocycles. The number of halogens is 1. The predicted molar refractivity (Wildman–Crippen MR) is 43.6 cm³/mol. The summed E-state index contributed by atoms with van der Waals surface area (Å²) in [4.78, 5) is 13.2. The van der Waals surface area contributed by atoms with Crippen LogP contribution in [0.1, 0.15) is 0 Å². The fourth-order valence-electron chi connectivity index (χ4n) is 0.696. The minimum absolute atomic E-state index is 0.282. The molecule has 0 radical (unpaired) electrons. The van der Waals surface area contributed by atoms with Gasteiger partial charge in [0.05, 0.1) is 10.7 Å². The average Bonchev–Trinajstić information content (AvgIpc) is 1.97. The van der Waals surface area contributed by atoms with Gasteiger partial charge >= 0.3 is 0 Å². The van der Waals surface area contributed by atoms with Crippen molar-refractivity contribution < 1.29 is 4.79 Å². The number of rotatable bonds is 1. The van der Waals surface area contributed by atoms with E-state index in [1.165, 1.54) is 6.08 Å². The van der Waals surface area contributed by atoms with Gasteiger partial charge in [-0.15, -0.1) is 0 Å². The lowest BCUT2D eigenvalue weighted by atomic mass is 10.3. The van der Waals surface area contributed by atoms with E-state index in [4.69, 9.17) is 17.3 Å². The van der Waals surface area contributed by atoms with Gasteiger partial charge in [-0.1, -0.05) is 17.7 Å². The number of carbonyl (C=O) groups excluding carboxylic acids is 1. The molecule has 11 heavy (non-hydrogen) atoms. The van der Waals surface area contributed by atoms with Crippen molar-refractivity contribution in [3.05, 3.63) is 23.2 Å². The lowest BCUT2D eigenvalue weighted by molar-refractivity contribution is 0.565. The van der Waals surface area contributed by atoms with E-state index in [1.807, 2.05) is 0 Å². The lowest BCUT2D eigenvalue weighted by Crippen LogP contribution is -1.84. The van der Waals surface area contributed by atoms with Crippen molar-refractivity contribution >= 4 is 29.1 Å². The van der Waals surface area contributed by atoms with E-state index < -0.39 is 0 Å². The summed E-state index contributed by atoms with van der Waals surface area (Å²) < 4.78 is 0. The van der Waals surface area contributed by atoms with Gasteiger partial charge in [-0.05, 0) is 12.1 Å². The Morgan fingerprint density at radius 1 is 1.55 bits per heavy atom. The minimum atomic E-state index is 0.282. The monoisotopic (exact) mass is 168 g/mol. The molecule has 0 aromatic heterocycles. The molecular formula is C7H5ClN2O. The summed E-state index contributed by atoms with van der Waals surface area (Å²) in [5.41, 5.74) is 6.11. The van der Waals surface area contributed by atoms with E-state index in [0.717, 1.165) is 0 Å². The number of nitrogen functional groups attached to an aromatic ring is 1. The number of isocyanates is 1. The molecule has 0 fully saturated rings. The first kappa shape index (κ1) is 7.79. The standard InChI is InChI=1S/C7H5ClN2O/c8-5-2-1-3-6(9)7(5)10-4-11/h1-3H,9H2. The molecule has 0 aliphatic rings. The van der Waals surface area contributed by atoms with Crippen LogP contribution in [0, 0.1) is 0 Å². The van der Waals surface area contributed by atoms with E-state index in [9.17, 15) is 4.79 Å². The summed E-state index contributed by atoms with van der Waals surface area (Å²) >= 11 is 5.66. The molecule has 0 unspecified atom stereocenters. The fourth-order valence-corrected chi connectivity index (χ4v) is 0.920. The molecule has 0 aliphatic heterocycles. The highest BCUT2D eigenvalue weighted by Gasteiger charge is 2.00. The molecule has 1 aromatic carbocycles. The molecule has 1 aromatic rings. The van der Waals surface area contributed by atoms with Crippen LogP contribution in [0.2, 0.25) is 5.02 Å². The van der Waals surface area contributed by atoms with Crippen LogP contribution < -0.4 is 5.73 Å². The van der Waals surface area contributed by atoms with Crippen LogP contribution in [-0.2, 0) is 4.79 Å². The third kappa shape index (κ3) is 1.58. The largest absolute Gasteiger partial charge is 0.397 e. The Kier molecular flexibility index (Phi) is 2.26. The average molecular weight is 169 g/mol. The van der Waals surface area contributed by atoms with Crippen LogP contribution in [0.5, 0.6) is 0 Å². The smallest absolute Gasteiger partial charge is 0.240 e. The molecule has 0 bridgehead atoms. The SMILES string of the molecule is Nc1cccc(Cl)c1N=C=O. The van der Waals surface area contributed by atoms with Gasteiger partial charge in [-0.25, -0.2) is 4.79 Å². The summed E-state index contributed by atoms with van der Waals surface area (Å²) in [5, 5.41) is 0.355. The molecule has 0 aliphatic carbocycles. The maximum atomic E-state index is 9.87. The third-order valence-corrected chi connectivity index (χ3v) is 1.48. The first-order valence-corrected chi connectivity index (χ1v) is 3.25. The first-order chi connectivity index (χ1) is 5.25. The first-order valence-electron chi connectivity index (χ1n) is 2.87. The van der Waals surface area contributed by atoms with Crippen molar-refractivity contribution in [2.45, 2.75) is 0 Å². The number of nitrogens with two attached hydrogens (primary N) is 1. The highest BCUT2D eigenvalue weighted by molar-refractivity contribution is 6.33. The minimum Gasteiger partial charge on any atom is -0.397 e. The second kappa shape index (κ2) is 3.19. The third-order valence-electron chi connectivity index (χ3n) is 1.18. The second-order valence-corrected chi connectivity index (χ2v) is 2.29. The van der Waals surface area contributed by atoms with Gasteiger partial charge in [0, 0.05) is 0 Å². The van der Waals surface area contributed by atoms with Crippen LogP contribution in [0.25, 0.3) is 0 Å². The quantitative estimate of drug-likeness (QED) is 0.396. The Balaban J connectivity index is 3.31. The van der Waals surface area contributed by atoms with E-state index >= 15 is 0 Å². The molecule has 0 atom stereocenters. The zero-order valence-electron chi connectivity index (χ0n) is 5.54. The Labute approximate surface area is 68.5 Å². The lowest BCUT2D eigenvalue weighted by Gasteiger charge is -1.97. The van der Waals surface area contributed by atoms with Crippen LogP contribution >= 0.6 is 11.6 Å². The van der Waals surface area contributed by atoms with Crippen molar-refractivity contribution in [1.29, 1.82) is 0 Å². The summed E-state index contributed by atoms with van der Waals surface area (Å²) in [6.07, 6.45) is 1.38. The van der Waals surface area contributed by atoms with Gasteiger partial charge in [-0.3, -0.25) is 0 Å². The number of benzene rings is 1. The van der Waals surface area contributed by atoms with E-state index in [-0.39, 0.29) is 5.69 Å². The topological polar surface area (TPSA) is 55.4 Å². The second-order valence-electron chi connectivity index (χ2n) is 1.88. The molecule has 1 rings (SSSR count). The van der Waals surface area contributed by atoms with Gasteiger partial charge in [0.25, 0.3) is 0 Å². The van der Waals surface area contributed by atoms with E-state index in [0.29, 0.717) is 10.7 Å². The van der Waals surface area contributed by atoms with E-state index in [2.05, 4.69) is 4.99 Å². The molecule has 0 spiro atoms. The van der Waals surface area contributed by atoms with Crippen molar-refractivity contribution in [2.75, 3.05) is 5.73 Å². The summed E-state index contributed by atoms with van der Waals surface area (Å²) in [7, 11) is 0. The Hall–Kier alpha value is -1.31. The molecule has 0 saturated heterocycles. The predicted octanol–water partition coefficient (Wildman–Crippen LogP) is 1.89. The summed E-state index contributed by atoms with van der Waals surface area (Å²) in [6.45, 7) is 0. The van der Waals surface area contributed by atoms with Crippen LogP contribution in [0.4, 0.5) is 11.4 Å². The van der Waals surface area contributed by atoms with Gasteiger partial charge < -0.3 is 5.73 Å². The number of para-hydroxylation sites is 1. The number of aliphatic imine (C=N–C) groups is 1. The highest BCUT2D eigenvalue weighted by Crippen LogP contribution is 2.29. The normalized spacial score (nSPS) is 8.82. The van der Waals surface area contributed by atoms with E-state index in [1.54, 1.807) is 18.2 Å². The van der Waals surface area contributed by atoms with Crippen LogP contribution in [-0.4, -0.2) is 6.08 Å². The van der Waals surface area contributed by atoms with Gasteiger partial charge in [0.2, 0.25) is 6.08 Å².